The molecule has 0 unspecified atom stereocenters. The molecule has 1 aromatic carbocycles. The van der Waals surface area contributed by atoms with Crippen LogP contribution in [0.25, 0.3) is 0 Å². The topological polar surface area (TPSA) is 73.1 Å². The summed E-state index contributed by atoms with van der Waals surface area (Å²) in [6.07, 6.45) is 0. The molecule has 5 nitrogen and oxygen atoms in total. The van der Waals surface area contributed by atoms with Crippen molar-refractivity contribution >= 4 is 21.7 Å². The van der Waals surface area contributed by atoms with Crippen LogP contribution in [0.1, 0.15) is 17.0 Å². The number of anilines is 1. The first-order chi connectivity index (χ1) is 9.01. The van der Waals surface area contributed by atoms with Crippen molar-refractivity contribution in [3.63, 3.8) is 0 Å². The molecule has 2 rings (SSSR count). The Kier molecular flexibility index (Phi) is 4.01. The molecule has 3 N–H and O–H groups in total. The minimum atomic E-state index is 0.502. The Morgan fingerprint density at radius 1 is 1.21 bits per heavy atom. The van der Waals surface area contributed by atoms with E-state index in [1.807, 2.05) is 32.0 Å². The predicted octanol–water partition coefficient (Wildman–Crippen LogP) is 3.24. The number of hydrogen-bond acceptors (Lipinski definition) is 5. The van der Waals surface area contributed by atoms with E-state index < -0.39 is 0 Å². The average molecular weight is 323 g/mol. The van der Waals surface area contributed by atoms with Crippen LogP contribution in [-0.4, -0.2) is 9.97 Å². The molecule has 1 heterocycles. The van der Waals surface area contributed by atoms with E-state index in [0.29, 0.717) is 17.5 Å². The number of nitrogens with zero attached hydrogens (tertiary/aromatic N) is 2. The quantitative estimate of drug-likeness (QED) is 0.670. The van der Waals surface area contributed by atoms with E-state index in [-0.39, 0.29) is 0 Å². The van der Waals surface area contributed by atoms with E-state index in [2.05, 4.69) is 31.3 Å². The summed E-state index contributed by atoms with van der Waals surface area (Å²) in [6, 6.07) is 5.85. The van der Waals surface area contributed by atoms with Crippen molar-refractivity contribution in [2.45, 2.75) is 20.8 Å². The Morgan fingerprint density at radius 2 is 1.95 bits per heavy atom. The summed E-state index contributed by atoms with van der Waals surface area (Å²) in [5.41, 5.74) is 4.35. The van der Waals surface area contributed by atoms with Gasteiger partial charge in [-0.05, 0) is 38.5 Å². The first kappa shape index (κ1) is 13.8. The Bertz CT molecular complexity index is 616. The molecular weight excluding hydrogens is 308 g/mol. The molecule has 0 aliphatic rings. The second-order valence-corrected chi connectivity index (χ2v) is 5.12. The lowest BCUT2D eigenvalue weighted by Gasteiger charge is -2.13. The van der Waals surface area contributed by atoms with Crippen LogP contribution in [-0.2, 0) is 0 Å². The fraction of sp³-hybridized carbons (Fsp3) is 0.231. The molecule has 0 aliphatic heterocycles. The SMILES string of the molecule is Cc1nc(NN)c(C)c(Oc2cc(Br)ccc2C)n1. The Hall–Kier alpha value is -1.66. The van der Waals surface area contributed by atoms with E-state index in [4.69, 9.17) is 10.6 Å². The third kappa shape index (κ3) is 3.02. The number of nitrogens with one attached hydrogen (secondary N) is 1. The molecule has 0 radical (unpaired) electrons. The number of aromatic nitrogens is 2. The van der Waals surface area contributed by atoms with Gasteiger partial charge >= 0.3 is 0 Å². The lowest BCUT2D eigenvalue weighted by Crippen LogP contribution is -2.12. The smallest absolute Gasteiger partial charge is 0.227 e. The number of aryl methyl sites for hydroxylation is 2. The monoisotopic (exact) mass is 322 g/mol. The highest BCUT2D eigenvalue weighted by Crippen LogP contribution is 2.30. The number of hydrazine groups is 1. The van der Waals surface area contributed by atoms with Crippen LogP contribution in [0.2, 0.25) is 0 Å². The summed E-state index contributed by atoms with van der Waals surface area (Å²) in [5.74, 6) is 7.85. The Morgan fingerprint density at radius 3 is 2.63 bits per heavy atom. The number of hydrogen-bond donors (Lipinski definition) is 2. The van der Waals surface area contributed by atoms with E-state index >= 15 is 0 Å². The van der Waals surface area contributed by atoms with Gasteiger partial charge in [-0.3, -0.25) is 0 Å². The van der Waals surface area contributed by atoms with Gasteiger partial charge in [-0.15, -0.1) is 0 Å². The fourth-order valence-corrected chi connectivity index (χ4v) is 1.97. The van der Waals surface area contributed by atoms with Crippen molar-refractivity contribution in [1.82, 2.24) is 9.97 Å². The van der Waals surface area contributed by atoms with Gasteiger partial charge in [-0.1, -0.05) is 22.0 Å². The van der Waals surface area contributed by atoms with E-state index in [9.17, 15) is 0 Å². The molecule has 0 atom stereocenters. The van der Waals surface area contributed by atoms with Crippen molar-refractivity contribution in [3.05, 3.63) is 39.6 Å². The molecule has 100 valence electrons. The van der Waals surface area contributed by atoms with Gasteiger partial charge in [0.2, 0.25) is 5.88 Å². The summed E-state index contributed by atoms with van der Waals surface area (Å²) < 4.78 is 6.82. The largest absolute Gasteiger partial charge is 0.438 e. The maximum Gasteiger partial charge on any atom is 0.227 e. The highest BCUT2D eigenvalue weighted by atomic mass is 79.9. The van der Waals surface area contributed by atoms with Crippen molar-refractivity contribution in [2.75, 3.05) is 5.43 Å². The summed E-state index contributed by atoms with van der Waals surface area (Å²) in [4.78, 5) is 8.50. The zero-order valence-electron chi connectivity index (χ0n) is 11.0. The molecule has 0 bridgehead atoms. The van der Waals surface area contributed by atoms with Crippen LogP contribution in [0.3, 0.4) is 0 Å². The highest BCUT2D eigenvalue weighted by molar-refractivity contribution is 9.10. The summed E-state index contributed by atoms with van der Waals surface area (Å²) in [6.45, 7) is 5.63. The molecule has 19 heavy (non-hydrogen) atoms. The van der Waals surface area contributed by atoms with Crippen LogP contribution >= 0.6 is 15.9 Å². The van der Waals surface area contributed by atoms with Gasteiger partial charge in [-0.25, -0.2) is 10.8 Å². The average Bonchev–Trinajstić information content (AvgIpc) is 2.37. The summed E-state index contributed by atoms with van der Waals surface area (Å²) >= 11 is 3.43. The van der Waals surface area contributed by atoms with Crippen LogP contribution < -0.4 is 16.0 Å². The molecule has 6 heteroatoms. The van der Waals surface area contributed by atoms with Crippen LogP contribution in [0, 0.1) is 20.8 Å². The summed E-state index contributed by atoms with van der Waals surface area (Å²) in [7, 11) is 0. The van der Waals surface area contributed by atoms with Gasteiger partial charge in [0.15, 0.2) is 0 Å². The first-order valence-corrected chi connectivity index (χ1v) is 6.56. The molecule has 0 fully saturated rings. The minimum Gasteiger partial charge on any atom is -0.438 e. The molecule has 0 saturated heterocycles. The number of benzene rings is 1. The third-order valence-electron chi connectivity index (χ3n) is 2.71. The molecule has 1 aromatic heterocycles. The molecular formula is C13H15BrN4O. The predicted molar refractivity (Wildman–Crippen MR) is 78.3 cm³/mol. The van der Waals surface area contributed by atoms with Gasteiger partial charge in [0.05, 0.1) is 5.56 Å². The standard InChI is InChI=1S/C13H15BrN4O/c1-7-4-5-10(14)6-11(7)19-13-8(2)12(18-15)16-9(3)17-13/h4-6H,15H2,1-3H3,(H,16,17,18). The number of nitrogen functional groups attached to an aromatic ring is 1. The molecule has 0 aliphatic carbocycles. The van der Waals surface area contributed by atoms with Crippen LogP contribution in [0.5, 0.6) is 11.6 Å². The Balaban J connectivity index is 2.43. The molecule has 0 spiro atoms. The fourth-order valence-electron chi connectivity index (χ4n) is 1.63. The number of nitrogens with two attached hydrogens (primary N) is 1. The molecule has 0 amide bonds. The van der Waals surface area contributed by atoms with Gasteiger partial charge in [0.1, 0.15) is 17.4 Å². The van der Waals surface area contributed by atoms with E-state index in [1.165, 1.54) is 0 Å². The lowest BCUT2D eigenvalue weighted by atomic mass is 10.2. The maximum atomic E-state index is 5.87. The number of ether oxygens (including phenoxy) is 1. The second kappa shape index (κ2) is 5.54. The molecule has 2 aromatic rings. The lowest BCUT2D eigenvalue weighted by molar-refractivity contribution is 0.452. The normalized spacial score (nSPS) is 10.4. The zero-order valence-corrected chi connectivity index (χ0v) is 12.6. The van der Waals surface area contributed by atoms with Gasteiger partial charge < -0.3 is 10.2 Å². The highest BCUT2D eigenvalue weighted by Gasteiger charge is 2.11. The molecule has 0 saturated carbocycles. The van der Waals surface area contributed by atoms with Crippen molar-refractivity contribution < 1.29 is 4.74 Å². The first-order valence-electron chi connectivity index (χ1n) is 5.77. The zero-order chi connectivity index (χ0) is 14.0. The van der Waals surface area contributed by atoms with Gasteiger partial charge in [-0.2, -0.15) is 4.98 Å². The van der Waals surface area contributed by atoms with Gasteiger partial charge in [0.25, 0.3) is 0 Å². The van der Waals surface area contributed by atoms with Crippen molar-refractivity contribution in [2.24, 2.45) is 5.84 Å². The van der Waals surface area contributed by atoms with E-state index in [1.54, 1.807) is 6.92 Å². The van der Waals surface area contributed by atoms with Crippen molar-refractivity contribution in [3.8, 4) is 11.6 Å². The second-order valence-electron chi connectivity index (χ2n) is 4.21. The number of halogens is 1. The maximum absolute atomic E-state index is 5.87. The Labute approximate surface area is 120 Å². The van der Waals surface area contributed by atoms with Gasteiger partial charge in [0, 0.05) is 4.47 Å². The van der Waals surface area contributed by atoms with E-state index in [0.717, 1.165) is 21.3 Å². The van der Waals surface area contributed by atoms with Crippen LogP contribution in [0.4, 0.5) is 5.82 Å². The minimum absolute atomic E-state index is 0.502. The summed E-state index contributed by atoms with van der Waals surface area (Å²) in [5, 5.41) is 0. The van der Waals surface area contributed by atoms with Crippen LogP contribution in [0.15, 0.2) is 22.7 Å². The number of rotatable bonds is 3. The third-order valence-corrected chi connectivity index (χ3v) is 3.20. The van der Waals surface area contributed by atoms with Crippen molar-refractivity contribution in [1.29, 1.82) is 0 Å².